The number of aromatic nitrogens is 3. The van der Waals surface area contributed by atoms with Crippen LogP contribution in [0.2, 0.25) is 0 Å². The first-order valence-corrected chi connectivity index (χ1v) is 7.91. The molecule has 0 radical (unpaired) electrons. The Labute approximate surface area is 139 Å². The highest BCUT2D eigenvalue weighted by molar-refractivity contribution is 5.93. The summed E-state index contributed by atoms with van der Waals surface area (Å²) in [7, 11) is 0. The average molecular weight is 331 g/mol. The lowest BCUT2D eigenvalue weighted by Crippen LogP contribution is -2.54. The van der Waals surface area contributed by atoms with E-state index in [9.17, 15) is 9.90 Å². The molecule has 0 unspecified atom stereocenters. The van der Waals surface area contributed by atoms with Crippen molar-refractivity contribution >= 4 is 11.7 Å². The highest BCUT2D eigenvalue weighted by atomic mass is 16.3. The van der Waals surface area contributed by atoms with Gasteiger partial charge in [0.1, 0.15) is 17.9 Å². The Morgan fingerprint density at radius 3 is 2.96 bits per heavy atom. The largest absolute Gasteiger partial charge is 0.448 e. The Hall–Kier alpha value is -2.48. The smallest absolute Gasteiger partial charge is 0.273 e. The van der Waals surface area contributed by atoms with Crippen LogP contribution in [0.3, 0.4) is 0 Å². The molecule has 2 aromatic rings. The molecule has 1 aliphatic rings. The van der Waals surface area contributed by atoms with E-state index in [2.05, 4.69) is 20.3 Å². The minimum Gasteiger partial charge on any atom is -0.448 e. The summed E-state index contributed by atoms with van der Waals surface area (Å²) in [4.78, 5) is 26.4. The van der Waals surface area contributed by atoms with Gasteiger partial charge in [0.15, 0.2) is 12.1 Å². The fraction of sp³-hybridized carbons (Fsp3) is 0.500. The molecule has 2 N–H and O–H groups in total. The Balaban J connectivity index is 1.64. The number of anilines is 1. The van der Waals surface area contributed by atoms with Crippen molar-refractivity contribution in [3.8, 4) is 0 Å². The fourth-order valence-corrected chi connectivity index (χ4v) is 2.92. The van der Waals surface area contributed by atoms with E-state index in [1.54, 1.807) is 6.92 Å². The normalized spacial score (nSPS) is 20.9. The molecular weight excluding hydrogens is 310 g/mol. The first-order valence-electron chi connectivity index (χ1n) is 7.91. The molecule has 0 saturated carbocycles. The van der Waals surface area contributed by atoms with Gasteiger partial charge in [-0.1, -0.05) is 0 Å². The van der Waals surface area contributed by atoms with Crippen LogP contribution in [0.15, 0.2) is 23.2 Å². The van der Waals surface area contributed by atoms with Gasteiger partial charge in [-0.2, -0.15) is 0 Å². The quantitative estimate of drug-likeness (QED) is 0.855. The van der Waals surface area contributed by atoms with Crippen LogP contribution in [0.4, 0.5) is 5.82 Å². The molecule has 0 aromatic carbocycles. The van der Waals surface area contributed by atoms with Crippen molar-refractivity contribution in [2.45, 2.75) is 32.3 Å². The number of amides is 1. The Kier molecular flexibility index (Phi) is 4.48. The predicted molar refractivity (Wildman–Crippen MR) is 86.7 cm³/mol. The lowest BCUT2D eigenvalue weighted by Gasteiger charge is -2.39. The van der Waals surface area contributed by atoms with Crippen molar-refractivity contribution in [2.24, 2.45) is 0 Å². The summed E-state index contributed by atoms with van der Waals surface area (Å²) < 4.78 is 5.03. The summed E-state index contributed by atoms with van der Waals surface area (Å²) in [5.41, 5.74) is 0.117. The molecule has 1 atom stereocenters. The number of hydrogen-bond acceptors (Lipinski definition) is 7. The summed E-state index contributed by atoms with van der Waals surface area (Å²) in [6.07, 6.45) is 4.19. The molecule has 8 nitrogen and oxygen atoms in total. The first kappa shape index (κ1) is 16.4. The van der Waals surface area contributed by atoms with Crippen LogP contribution in [0, 0.1) is 13.8 Å². The van der Waals surface area contributed by atoms with Gasteiger partial charge in [0.2, 0.25) is 0 Å². The van der Waals surface area contributed by atoms with Crippen LogP contribution in [0.25, 0.3) is 0 Å². The second-order valence-electron chi connectivity index (χ2n) is 6.21. The van der Waals surface area contributed by atoms with Crippen LogP contribution in [0.1, 0.15) is 34.8 Å². The zero-order valence-corrected chi connectivity index (χ0v) is 13.8. The Morgan fingerprint density at radius 2 is 2.25 bits per heavy atom. The Morgan fingerprint density at radius 1 is 1.42 bits per heavy atom. The molecule has 0 spiro atoms. The second-order valence-corrected chi connectivity index (χ2v) is 6.21. The number of carbonyl (C=O) groups is 1. The molecule has 2 aromatic heterocycles. The minimum absolute atomic E-state index is 0.151. The van der Waals surface area contributed by atoms with E-state index in [1.165, 1.54) is 12.7 Å². The van der Waals surface area contributed by atoms with E-state index >= 15 is 0 Å². The van der Waals surface area contributed by atoms with Crippen LogP contribution in [-0.2, 0) is 0 Å². The number of nitrogens with one attached hydrogen (secondary N) is 1. The van der Waals surface area contributed by atoms with Crippen molar-refractivity contribution in [2.75, 3.05) is 24.5 Å². The van der Waals surface area contributed by atoms with E-state index in [0.29, 0.717) is 18.7 Å². The van der Waals surface area contributed by atoms with Crippen molar-refractivity contribution in [1.29, 1.82) is 0 Å². The van der Waals surface area contributed by atoms with Gasteiger partial charge in [0.25, 0.3) is 5.91 Å². The monoisotopic (exact) mass is 331 g/mol. The van der Waals surface area contributed by atoms with E-state index in [1.807, 2.05) is 17.9 Å². The molecule has 3 rings (SSSR count). The van der Waals surface area contributed by atoms with Crippen molar-refractivity contribution in [3.63, 3.8) is 0 Å². The third-order valence-corrected chi connectivity index (χ3v) is 4.21. The summed E-state index contributed by atoms with van der Waals surface area (Å²) in [6, 6.07) is 1.89. The maximum atomic E-state index is 12.1. The fourth-order valence-electron chi connectivity index (χ4n) is 2.92. The van der Waals surface area contributed by atoms with Gasteiger partial charge in [-0.25, -0.2) is 15.0 Å². The first-order chi connectivity index (χ1) is 11.5. The van der Waals surface area contributed by atoms with Crippen molar-refractivity contribution in [1.82, 2.24) is 20.3 Å². The highest BCUT2D eigenvalue weighted by Gasteiger charge is 2.34. The zero-order chi connectivity index (χ0) is 17.2. The third-order valence-electron chi connectivity index (χ3n) is 4.21. The molecule has 1 saturated heterocycles. The zero-order valence-electron chi connectivity index (χ0n) is 13.8. The van der Waals surface area contributed by atoms with Gasteiger partial charge < -0.3 is 19.7 Å². The van der Waals surface area contributed by atoms with Crippen molar-refractivity contribution in [3.05, 3.63) is 35.9 Å². The third kappa shape index (κ3) is 3.53. The number of rotatable bonds is 4. The molecule has 1 fully saturated rings. The van der Waals surface area contributed by atoms with Gasteiger partial charge in [-0.05, 0) is 26.7 Å². The SMILES string of the molecule is Cc1cc(N2CCC[C@@](O)(CNC(=O)c3ncoc3C)C2)ncn1. The molecule has 1 aliphatic heterocycles. The van der Waals surface area contributed by atoms with Crippen LogP contribution >= 0.6 is 0 Å². The summed E-state index contributed by atoms with van der Waals surface area (Å²) in [6.45, 7) is 4.95. The van der Waals surface area contributed by atoms with Gasteiger partial charge in [-0.15, -0.1) is 0 Å². The number of β-amino-alcohol motifs (C(OH)–C–C–N with tert-alkyl or cyclic N) is 1. The number of oxazole rings is 1. The van der Waals surface area contributed by atoms with Crippen LogP contribution < -0.4 is 10.2 Å². The molecular formula is C16H21N5O3. The number of hydrogen-bond donors (Lipinski definition) is 2. The van der Waals surface area contributed by atoms with Gasteiger partial charge in [0.05, 0.1) is 5.60 Å². The molecule has 1 amide bonds. The van der Waals surface area contributed by atoms with E-state index in [0.717, 1.165) is 24.5 Å². The highest BCUT2D eigenvalue weighted by Crippen LogP contribution is 2.24. The number of piperidine rings is 1. The number of carbonyl (C=O) groups excluding carboxylic acids is 1. The molecule has 0 aliphatic carbocycles. The molecule has 0 bridgehead atoms. The summed E-state index contributed by atoms with van der Waals surface area (Å²) >= 11 is 0. The number of aryl methyl sites for hydroxylation is 2. The van der Waals surface area contributed by atoms with E-state index < -0.39 is 5.60 Å². The van der Waals surface area contributed by atoms with E-state index in [-0.39, 0.29) is 18.1 Å². The minimum atomic E-state index is -1.01. The predicted octanol–water partition coefficient (Wildman–Crippen LogP) is 0.843. The number of nitrogens with zero attached hydrogens (tertiary/aromatic N) is 4. The number of aliphatic hydroxyl groups is 1. The second kappa shape index (κ2) is 6.56. The molecule has 8 heteroatoms. The van der Waals surface area contributed by atoms with Gasteiger partial charge in [0, 0.05) is 31.4 Å². The summed E-state index contributed by atoms with van der Waals surface area (Å²) in [5.74, 6) is 0.908. The summed E-state index contributed by atoms with van der Waals surface area (Å²) in [5, 5.41) is 13.6. The Bertz CT molecular complexity index is 732. The maximum Gasteiger partial charge on any atom is 0.273 e. The van der Waals surface area contributed by atoms with Gasteiger partial charge >= 0.3 is 0 Å². The van der Waals surface area contributed by atoms with Gasteiger partial charge in [-0.3, -0.25) is 4.79 Å². The molecule has 3 heterocycles. The maximum absolute atomic E-state index is 12.1. The molecule has 128 valence electrons. The average Bonchev–Trinajstić information content (AvgIpc) is 2.99. The topological polar surface area (TPSA) is 104 Å². The van der Waals surface area contributed by atoms with Crippen molar-refractivity contribution < 1.29 is 14.3 Å². The molecule has 24 heavy (non-hydrogen) atoms. The standard InChI is InChI=1S/C16H21N5O3/c1-11-6-13(19-9-18-11)21-5-3-4-16(23,8-21)7-17-15(22)14-12(2)24-10-20-14/h6,9-10,23H,3-5,7-8H2,1-2H3,(H,17,22)/t16-/m1/s1. The lowest BCUT2D eigenvalue weighted by atomic mass is 9.92. The van der Waals surface area contributed by atoms with Crippen LogP contribution in [0.5, 0.6) is 0 Å². The van der Waals surface area contributed by atoms with Crippen LogP contribution in [-0.4, -0.2) is 51.2 Å². The van der Waals surface area contributed by atoms with E-state index in [4.69, 9.17) is 4.42 Å². The lowest BCUT2D eigenvalue weighted by molar-refractivity contribution is 0.0253.